The Morgan fingerprint density at radius 2 is 0.481 bits per heavy atom. The summed E-state index contributed by atoms with van der Waals surface area (Å²) in [4.78, 5) is 38.4. The van der Waals surface area contributed by atoms with Gasteiger partial charge in [0.2, 0.25) is 0 Å². The zero-order valence-electron chi connectivity index (χ0n) is 52.8. The van der Waals surface area contributed by atoms with Crippen molar-refractivity contribution in [2.45, 2.75) is 309 Å². The van der Waals surface area contributed by atoms with Crippen molar-refractivity contribution in [1.82, 2.24) is 0 Å². The Bertz CT molecular complexity index is 1720. The summed E-state index contributed by atoms with van der Waals surface area (Å²) in [7, 11) is 0. The van der Waals surface area contributed by atoms with Crippen molar-refractivity contribution < 1.29 is 28.6 Å². The van der Waals surface area contributed by atoms with E-state index >= 15 is 0 Å². The van der Waals surface area contributed by atoms with Gasteiger partial charge in [-0.05, 0) is 141 Å². The maximum Gasteiger partial charge on any atom is 0.306 e. The quantitative estimate of drug-likeness (QED) is 0.0261. The molecule has 0 radical (unpaired) electrons. The lowest BCUT2D eigenvalue weighted by molar-refractivity contribution is -0.167. The number of carbonyl (C=O) groups is 3. The fourth-order valence-corrected chi connectivity index (χ4v) is 9.07. The van der Waals surface area contributed by atoms with E-state index in [-0.39, 0.29) is 31.1 Å². The zero-order valence-corrected chi connectivity index (χ0v) is 52.8. The smallest absolute Gasteiger partial charge is 0.306 e. The van der Waals surface area contributed by atoms with Crippen molar-refractivity contribution in [2.24, 2.45) is 0 Å². The average Bonchev–Trinajstić information content (AvgIpc) is 3.46. The van der Waals surface area contributed by atoms with Crippen LogP contribution in [0.15, 0.2) is 134 Å². The van der Waals surface area contributed by atoms with Crippen LogP contribution in [0.3, 0.4) is 0 Å². The van der Waals surface area contributed by atoms with E-state index < -0.39 is 6.10 Å². The minimum Gasteiger partial charge on any atom is -0.462 e. The van der Waals surface area contributed by atoms with Gasteiger partial charge in [0.15, 0.2) is 6.10 Å². The molecule has 460 valence electrons. The molecule has 6 nitrogen and oxygen atoms in total. The molecule has 0 aromatic heterocycles. The van der Waals surface area contributed by atoms with E-state index in [0.717, 1.165) is 122 Å². The summed E-state index contributed by atoms with van der Waals surface area (Å²) < 4.78 is 16.9. The van der Waals surface area contributed by atoms with Crippen molar-refractivity contribution in [3.05, 3.63) is 134 Å². The van der Waals surface area contributed by atoms with E-state index in [1.807, 2.05) is 0 Å². The molecule has 0 spiro atoms. The van der Waals surface area contributed by atoms with Gasteiger partial charge in [0.05, 0.1) is 0 Å². The van der Waals surface area contributed by atoms with Crippen LogP contribution in [0.4, 0.5) is 0 Å². The van der Waals surface area contributed by atoms with Gasteiger partial charge < -0.3 is 14.2 Å². The molecule has 1 atom stereocenters. The second-order valence-corrected chi connectivity index (χ2v) is 22.0. The van der Waals surface area contributed by atoms with Gasteiger partial charge in [-0.15, -0.1) is 0 Å². The second kappa shape index (κ2) is 68.1. The van der Waals surface area contributed by atoms with Gasteiger partial charge in [0.25, 0.3) is 0 Å². The third kappa shape index (κ3) is 66.2. The predicted molar refractivity (Wildman–Crippen MR) is 353 cm³/mol. The maximum absolute atomic E-state index is 12.9. The number of rotatable bonds is 60. The fraction of sp³-hybridized carbons (Fsp3) is 0.667. The molecule has 0 bridgehead atoms. The third-order valence-electron chi connectivity index (χ3n) is 14.1. The molecule has 6 heteroatoms. The fourth-order valence-electron chi connectivity index (χ4n) is 9.07. The van der Waals surface area contributed by atoms with Crippen LogP contribution in [-0.4, -0.2) is 37.2 Å². The Kier molecular flexibility index (Phi) is 64.3. The van der Waals surface area contributed by atoms with Crippen molar-refractivity contribution in [2.75, 3.05) is 13.2 Å². The standard InChI is InChI=1S/C75H124O6/c1-4-7-10-13-16-19-22-25-27-29-31-33-35-36-37-38-40-41-43-45-47-50-53-56-59-62-65-68-74(77)80-71-72(70-79-73(76)67-64-61-58-55-52-49-24-21-18-15-12-9-6-3)81-75(78)69-66-63-60-57-54-51-48-46-44-42-39-34-32-30-28-26-23-20-17-14-11-8-5-2/h7,10,16,19,21,23-27,30-33,36-37,40-41,45,47,53,56,72H,4-6,8-9,11-15,17-18,20,22,28-29,34-35,38-39,42-44,46,48-52,54-55,57-71H2,1-3H3/b10-7-,19-16-,24-21-,26-23-,27-25-,32-30-,33-31-,37-36-,41-40-,47-45-,56-53-. The molecule has 0 aromatic carbocycles. The molecule has 0 aliphatic heterocycles. The van der Waals surface area contributed by atoms with E-state index in [1.165, 1.54) is 135 Å². The molecule has 0 aliphatic rings. The van der Waals surface area contributed by atoms with Gasteiger partial charge in [-0.25, -0.2) is 0 Å². The first-order valence-electron chi connectivity index (χ1n) is 33.7. The minimum absolute atomic E-state index is 0.0997. The van der Waals surface area contributed by atoms with Crippen LogP contribution in [0.25, 0.3) is 0 Å². The van der Waals surface area contributed by atoms with E-state index in [2.05, 4.69) is 154 Å². The van der Waals surface area contributed by atoms with Crippen molar-refractivity contribution in [3.8, 4) is 0 Å². The van der Waals surface area contributed by atoms with Crippen LogP contribution in [0.1, 0.15) is 303 Å². The van der Waals surface area contributed by atoms with Gasteiger partial charge in [-0.2, -0.15) is 0 Å². The van der Waals surface area contributed by atoms with E-state index in [1.54, 1.807) is 0 Å². The molecule has 0 amide bonds. The first kappa shape index (κ1) is 76.5. The van der Waals surface area contributed by atoms with Crippen LogP contribution >= 0.6 is 0 Å². The molecular weight excluding hydrogens is 997 g/mol. The molecule has 1 unspecified atom stereocenters. The Balaban J connectivity index is 4.43. The van der Waals surface area contributed by atoms with Gasteiger partial charge in [0, 0.05) is 19.3 Å². The number of carbonyl (C=O) groups excluding carboxylic acids is 3. The first-order chi connectivity index (χ1) is 40.0. The number of allylic oxidation sites excluding steroid dienone is 22. The first-order valence-corrected chi connectivity index (χ1v) is 33.7. The lowest BCUT2D eigenvalue weighted by atomic mass is 10.0. The van der Waals surface area contributed by atoms with E-state index in [4.69, 9.17) is 14.2 Å². The molecule has 0 fully saturated rings. The molecule has 0 saturated carbocycles. The summed E-state index contributed by atoms with van der Waals surface area (Å²) in [6.45, 7) is 6.47. The summed E-state index contributed by atoms with van der Waals surface area (Å²) in [5.41, 5.74) is 0. The highest BCUT2D eigenvalue weighted by Gasteiger charge is 2.19. The predicted octanol–water partition coefficient (Wildman–Crippen LogP) is 23.3. The largest absolute Gasteiger partial charge is 0.462 e. The summed E-state index contributed by atoms with van der Waals surface area (Å²) >= 11 is 0. The number of esters is 3. The molecule has 0 aromatic rings. The van der Waals surface area contributed by atoms with E-state index in [9.17, 15) is 14.4 Å². The highest BCUT2D eigenvalue weighted by molar-refractivity contribution is 5.71. The van der Waals surface area contributed by atoms with Crippen LogP contribution in [0, 0.1) is 0 Å². The lowest BCUT2D eigenvalue weighted by Crippen LogP contribution is -2.30. The number of hydrogen-bond donors (Lipinski definition) is 0. The van der Waals surface area contributed by atoms with Gasteiger partial charge >= 0.3 is 17.9 Å². The summed E-state index contributed by atoms with van der Waals surface area (Å²) in [6, 6.07) is 0. The Morgan fingerprint density at radius 1 is 0.259 bits per heavy atom. The Labute approximate surface area is 500 Å². The lowest BCUT2D eigenvalue weighted by Gasteiger charge is -2.18. The second-order valence-electron chi connectivity index (χ2n) is 22.0. The number of hydrogen-bond acceptors (Lipinski definition) is 6. The van der Waals surface area contributed by atoms with Crippen LogP contribution < -0.4 is 0 Å². The minimum atomic E-state index is -0.807. The van der Waals surface area contributed by atoms with Crippen molar-refractivity contribution in [1.29, 1.82) is 0 Å². The monoisotopic (exact) mass is 1120 g/mol. The SMILES string of the molecule is CC/C=C\C/C=C\C/C=C\C/C=C\C/C=C\C/C=C\C/C=C\C/C=C\CCCCC(=O)OCC(COC(=O)CCCCCCC/C=C\CCCCCC)OC(=O)CCCCCCCCCCCCC/C=C\C/C=C\CCCCCCC. The van der Waals surface area contributed by atoms with Crippen LogP contribution in [-0.2, 0) is 28.6 Å². The highest BCUT2D eigenvalue weighted by Crippen LogP contribution is 2.15. The number of unbranched alkanes of at least 4 members (excludes halogenated alkanes) is 27. The third-order valence-corrected chi connectivity index (χ3v) is 14.1. The van der Waals surface area contributed by atoms with Crippen LogP contribution in [0.2, 0.25) is 0 Å². The molecule has 0 aliphatic carbocycles. The normalized spacial score (nSPS) is 13.0. The molecule has 81 heavy (non-hydrogen) atoms. The molecule has 0 heterocycles. The Hall–Kier alpha value is -4.45. The topological polar surface area (TPSA) is 78.9 Å². The van der Waals surface area contributed by atoms with Crippen molar-refractivity contribution in [3.63, 3.8) is 0 Å². The number of ether oxygens (including phenoxy) is 3. The summed E-state index contributed by atoms with van der Waals surface area (Å²) in [6.07, 6.45) is 96.1. The van der Waals surface area contributed by atoms with Crippen molar-refractivity contribution >= 4 is 17.9 Å². The molecule has 0 rings (SSSR count). The van der Waals surface area contributed by atoms with Gasteiger partial charge in [-0.3, -0.25) is 14.4 Å². The summed E-state index contributed by atoms with van der Waals surface area (Å²) in [5, 5.41) is 0. The Morgan fingerprint density at radius 3 is 0.802 bits per heavy atom. The molecular formula is C75H124O6. The average molecular weight is 1120 g/mol. The van der Waals surface area contributed by atoms with Gasteiger partial charge in [0.1, 0.15) is 13.2 Å². The highest BCUT2D eigenvalue weighted by atomic mass is 16.6. The molecule has 0 saturated heterocycles. The maximum atomic E-state index is 12.9. The molecule has 0 N–H and O–H groups in total. The summed E-state index contributed by atoms with van der Waals surface area (Å²) in [5.74, 6) is -0.951. The van der Waals surface area contributed by atoms with Gasteiger partial charge in [-0.1, -0.05) is 276 Å². The van der Waals surface area contributed by atoms with E-state index in [0.29, 0.717) is 25.7 Å². The van der Waals surface area contributed by atoms with Crippen LogP contribution in [0.5, 0.6) is 0 Å². The zero-order chi connectivity index (χ0) is 58.5.